The van der Waals surface area contributed by atoms with Crippen molar-refractivity contribution in [1.29, 1.82) is 0 Å². The number of urea groups is 1. The van der Waals surface area contributed by atoms with E-state index in [4.69, 9.17) is 0 Å². The summed E-state index contributed by atoms with van der Waals surface area (Å²) in [6.45, 7) is -0.488. The van der Waals surface area contributed by atoms with Crippen molar-refractivity contribution in [2.24, 2.45) is 5.92 Å². The minimum atomic E-state index is -1.01. The number of aliphatic carboxylic acids is 1. The number of imide groups is 1. The molecule has 2 N–H and O–H groups in total. The van der Waals surface area contributed by atoms with Crippen LogP contribution >= 0.6 is 0 Å². The first kappa shape index (κ1) is 14.8. The summed E-state index contributed by atoms with van der Waals surface area (Å²) in [7, 11) is 0. The van der Waals surface area contributed by atoms with Crippen molar-refractivity contribution in [3.8, 4) is 0 Å². The minimum Gasteiger partial charge on any atom is -0.480 e. The van der Waals surface area contributed by atoms with Crippen molar-refractivity contribution in [2.75, 3.05) is 13.1 Å². The second kappa shape index (κ2) is 5.58. The van der Waals surface area contributed by atoms with E-state index < -0.39 is 29.9 Å². The third-order valence-corrected chi connectivity index (χ3v) is 4.89. The monoisotopic (exact) mass is 309 g/mol. The molecule has 4 amide bonds. The number of hydrogen-bond acceptors (Lipinski definition) is 4. The van der Waals surface area contributed by atoms with Crippen LogP contribution in [-0.2, 0) is 14.4 Å². The summed E-state index contributed by atoms with van der Waals surface area (Å²) in [6, 6.07) is -1.52. The number of nitrogens with one attached hydrogen (secondary N) is 1. The van der Waals surface area contributed by atoms with E-state index in [-0.39, 0.29) is 25.0 Å². The highest BCUT2D eigenvalue weighted by Crippen LogP contribution is 2.39. The van der Waals surface area contributed by atoms with Crippen LogP contribution in [0.2, 0.25) is 0 Å². The Labute approximate surface area is 127 Å². The molecule has 22 heavy (non-hydrogen) atoms. The molecule has 2 aliphatic heterocycles. The fraction of sp³-hybridized carbons (Fsp3) is 0.714. The topological polar surface area (TPSA) is 107 Å². The normalized spacial score (nSPS) is 31.2. The summed E-state index contributed by atoms with van der Waals surface area (Å²) in [4.78, 5) is 49.4. The Hall–Kier alpha value is -2.12. The zero-order chi connectivity index (χ0) is 15.9. The molecule has 1 aliphatic carbocycles. The van der Waals surface area contributed by atoms with Crippen molar-refractivity contribution >= 4 is 23.8 Å². The Morgan fingerprint density at radius 1 is 1.23 bits per heavy atom. The molecule has 8 nitrogen and oxygen atoms in total. The van der Waals surface area contributed by atoms with Crippen LogP contribution in [0, 0.1) is 5.92 Å². The van der Waals surface area contributed by atoms with Crippen LogP contribution in [0.4, 0.5) is 4.79 Å². The van der Waals surface area contributed by atoms with Crippen LogP contribution in [-0.4, -0.2) is 63.9 Å². The van der Waals surface area contributed by atoms with Gasteiger partial charge in [-0.25, -0.2) is 9.59 Å². The molecular weight excluding hydrogens is 290 g/mol. The Balaban J connectivity index is 1.77. The lowest BCUT2D eigenvalue weighted by Crippen LogP contribution is -2.51. The largest absolute Gasteiger partial charge is 0.480 e. The first-order valence-corrected chi connectivity index (χ1v) is 7.61. The van der Waals surface area contributed by atoms with Crippen LogP contribution in [0.15, 0.2) is 0 Å². The second-order valence-corrected chi connectivity index (χ2v) is 6.14. The van der Waals surface area contributed by atoms with Crippen LogP contribution in [0.25, 0.3) is 0 Å². The Bertz CT molecular complexity index is 519. The molecule has 3 fully saturated rings. The van der Waals surface area contributed by atoms with Gasteiger partial charge >= 0.3 is 12.0 Å². The maximum atomic E-state index is 12.6. The molecule has 3 rings (SSSR count). The van der Waals surface area contributed by atoms with Gasteiger partial charge in [-0.3, -0.25) is 14.5 Å². The molecule has 0 bridgehead atoms. The van der Waals surface area contributed by atoms with Gasteiger partial charge in [0.25, 0.3) is 5.91 Å². The van der Waals surface area contributed by atoms with Gasteiger partial charge in [0.15, 0.2) is 0 Å². The van der Waals surface area contributed by atoms with Gasteiger partial charge in [0.05, 0.1) is 6.54 Å². The first-order chi connectivity index (χ1) is 10.5. The van der Waals surface area contributed by atoms with E-state index in [1.165, 1.54) is 4.90 Å². The number of hydrogen-bond donors (Lipinski definition) is 2. The Morgan fingerprint density at radius 3 is 2.59 bits per heavy atom. The van der Waals surface area contributed by atoms with Gasteiger partial charge in [-0.05, 0) is 25.2 Å². The summed E-state index contributed by atoms with van der Waals surface area (Å²) in [5, 5.41) is 11.7. The Morgan fingerprint density at radius 2 is 1.95 bits per heavy atom. The highest BCUT2D eigenvalue weighted by atomic mass is 16.4. The van der Waals surface area contributed by atoms with Crippen molar-refractivity contribution < 1.29 is 24.3 Å². The molecule has 0 spiro atoms. The molecule has 8 heteroatoms. The van der Waals surface area contributed by atoms with Gasteiger partial charge in [0, 0.05) is 6.04 Å². The summed E-state index contributed by atoms with van der Waals surface area (Å²) in [6.07, 6.45) is 4.22. The summed E-state index contributed by atoms with van der Waals surface area (Å²) >= 11 is 0. The van der Waals surface area contributed by atoms with Crippen LogP contribution in [0.3, 0.4) is 0 Å². The van der Waals surface area contributed by atoms with Gasteiger partial charge in [-0.2, -0.15) is 0 Å². The maximum Gasteiger partial charge on any atom is 0.326 e. The van der Waals surface area contributed by atoms with Crippen molar-refractivity contribution in [3.63, 3.8) is 0 Å². The van der Waals surface area contributed by atoms with E-state index in [2.05, 4.69) is 5.32 Å². The van der Waals surface area contributed by atoms with E-state index in [1.54, 1.807) is 0 Å². The molecule has 2 saturated heterocycles. The average Bonchev–Trinajstić information content (AvgIpc) is 3.02. The standard InChI is InChI=1S/C14H19N3O5/c18-11-6-15-14(22)16(11)7-12(19)17-9-4-2-1-3-8(9)5-10(17)13(20)21/h8-10H,1-7H2,(H,15,22)(H,20,21)/t8-,9-,10-/m0/s1. The molecular formula is C14H19N3O5. The van der Waals surface area contributed by atoms with Crippen LogP contribution in [0.1, 0.15) is 32.1 Å². The number of rotatable bonds is 3. The zero-order valence-electron chi connectivity index (χ0n) is 12.2. The molecule has 0 radical (unpaired) electrons. The van der Waals surface area contributed by atoms with Crippen molar-refractivity contribution in [2.45, 2.75) is 44.2 Å². The van der Waals surface area contributed by atoms with Gasteiger partial charge < -0.3 is 15.3 Å². The quantitative estimate of drug-likeness (QED) is 0.701. The fourth-order valence-corrected chi connectivity index (χ4v) is 3.87. The number of carboxylic acids is 1. The van der Waals surface area contributed by atoms with E-state index in [0.717, 1.165) is 30.6 Å². The lowest BCUT2D eigenvalue weighted by atomic mass is 9.85. The number of carbonyl (C=O) groups excluding carboxylic acids is 3. The smallest absolute Gasteiger partial charge is 0.326 e. The molecule has 0 aromatic rings. The number of carboxylic acid groups (broad SMARTS) is 1. The van der Waals surface area contributed by atoms with Gasteiger partial charge in [0.1, 0.15) is 12.6 Å². The van der Waals surface area contributed by atoms with Crippen LogP contribution < -0.4 is 5.32 Å². The highest BCUT2D eigenvalue weighted by Gasteiger charge is 2.48. The summed E-state index contributed by atoms with van der Waals surface area (Å²) in [5.41, 5.74) is 0. The molecule has 3 aliphatic rings. The van der Waals surface area contributed by atoms with E-state index in [9.17, 15) is 24.3 Å². The third kappa shape index (κ3) is 2.42. The van der Waals surface area contributed by atoms with Crippen molar-refractivity contribution in [1.82, 2.24) is 15.1 Å². The van der Waals surface area contributed by atoms with Gasteiger partial charge in [0.2, 0.25) is 5.91 Å². The van der Waals surface area contributed by atoms with E-state index >= 15 is 0 Å². The lowest BCUT2D eigenvalue weighted by molar-refractivity contribution is -0.150. The number of carbonyl (C=O) groups is 4. The average molecular weight is 309 g/mol. The number of amides is 4. The number of likely N-dealkylation sites (tertiary alicyclic amines) is 1. The lowest BCUT2D eigenvalue weighted by Gasteiger charge is -2.33. The van der Waals surface area contributed by atoms with E-state index in [1.807, 2.05) is 0 Å². The van der Waals surface area contributed by atoms with Gasteiger partial charge in [-0.15, -0.1) is 0 Å². The molecule has 120 valence electrons. The van der Waals surface area contributed by atoms with Crippen LogP contribution in [0.5, 0.6) is 0 Å². The summed E-state index contributed by atoms with van der Waals surface area (Å²) in [5.74, 6) is -1.71. The fourth-order valence-electron chi connectivity index (χ4n) is 3.87. The highest BCUT2D eigenvalue weighted by molar-refractivity contribution is 6.04. The predicted octanol–water partition coefficient (Wildman–Crippen LogP) is -0.217. The Kier molecular flexibility index (Phi) is 3.76. The number of nitrogens with zero attached hydrogens (tertiary/aromatic N) is 2. The first-order valence-electron chi connectivity index (χ1n) is 7.61. The third-order valence-electron chi connectivity index (χ3n) is 4.89. The molecule has 1 saturated carbocycles. The maximum absolute atomic E-state index is 12.6. The zero-order valence-corrected chi connectivity index (χ0v) is 12.2. The molecule has 0 aromatic carbocycles. The molecule has 2 heterocycles. The second-order valence-electron chi connectivity index (χ2n) is 6.14. The number of fused-ring (bicyclic) bond motifs is 1. The van der Waals surface area contributed by atoms with Gasteiger partial charge in [-0.1, -0.05) is 12.8 Å². The SMILES string of the molecule is O=C(O)[C@@H]1C[C@@H]2CCCC[C@@H]2N1C(=O)CN1C(=O)CNC1=O. The molecule has 3 atom stereocenters. The molecule has 0 aromatic heterocycles. The van der Waals surface area contributed by atoms with Crippen molar-refractivity contribution in [3.05, 3.63) is 0 Å². The summed E-state index contributed by atoms with van der Waals surface area (Å²) < 4.78 is 0. The molecule has 0 unspecified atom stereocenters. The van der Waals surface area contributed by atoms with E-state index in [0.29, 0.717) is 6.42 Å². The minimum absolute atomic E-state index is 0.0804. The predicted molar refractivity (Wildman–Crippen MR) is 73.7 cm³/mol.